The number of benzene rings is 1. The monoisotopic (exact) mass is 393 g/mol. The predicted octanol–water partition coefficient (Wildman–Crippen LogP) is 4.73. The predicted molar refractivity (Wildman–Crippen MR) is 78.5 cm³/mol. The number of hydrogen-bond donors (Lipinski definition) is 1. The van der Waals surface area contributed by atoms with Crippen LogP contribution in [0, 0.1) is 3.57 Å². The molecule has 0 aliphatic heterocycles. The fraction of sp³-hybridized carbons (Fsp3) is 0.0909. The number of halogens is 2. The molecule has 0 aliphatic rings. The molecule has 0 fully saturated rings. The van der Waals surface area contributed by atoms with Crippen molar-refractivity contribution >= 4 is 55.5 Å². The summed E-state index contributed by atoms with van der Waals surface area (Å²) in [4.78, 5) is 0. The van der Waals surface area contributed by atoms with Crippen LogP contribution in [0.2, 0.25) is 0 Å². The third-order valence-electron chi connectivity index (χ3n) is 1.96. The van der Waals surface area contributed by atoms with Crippen LogP contribution in [0.3, 0.4) is 0 Å². The lowest BCUT2D eigenvalue weighted by molar-refractivity contribution is 1.16. The lowest BCUT2D eigenvalue weighted by atomic mass is 10.3. The van der Waals surface area contributed by atoms with E-state index in [1.165, 1.54) is 12.9 Å². The SMILES string of the molecule is Brc1cc(CNc2ccc(I)cc2)cs1. The highest BCUT2D eigenvalue weighted by molar-refractivity contribution is 14.1. The summed E-state index contributed by atoms with van der Waals surface area (Å²) in [6.45, 7) is 0.878. The van der Waals surface area contributed by atoms with Crippen molar-refractivity contribution in [3.63, 3.8) is 0 Å². The normalized spacial score (nSPS) is 10.3. The summed E-state index contributed by atoms with van der Waals surface area (Å²) in [5, 5.41) is 5.54. The van der Waals surface area contributed by atoms with Gasteiger partial charge in [-0.25, -0.2) is 0 Å². The summed E-state index contributed by atoms with van der Waals surface area (Å²) >= 11 is 7.48. The van der Waals surface area contributed by atoms with Crippen molar-refractivity contribution in [2.75, 3.05) is 5.32 Å². The molecule has 1 nitrogen and oxygen atoms in total. The summed E-state index contributed by atoms with van der Waals surface area (Å²) < 4.78 is 2.44. The zero-order valence-corrected chi connectivity index (χ0v) is 12.4. The Labute approximate surface area is 115 Å². The topological polar surface area (TPSA) is 12.0 Å². The van der Waals surface area contributed by atoms with Crippen molar-refractivity contribution in [2.45, 2.75) is 6.54 Å². The molecule has 4 heteroatoms. The van der Waals surface area contributed by atoms with Crippen LogP contribution in [-0.4, -0.2) is 0 Å². The maximum Gasteiger partial charge on any atom is 0.0701 e. The largest absolute Gasteiger partial charge is 0.381 e. The van der Waals surface area contributed by atoms with Crippen molar-refractivity contribution in [1.29, 1.82) is 0 Å². The molecule has 0 amide bonds. The number of hydrogen-bond acceptors (Lipinski definition) is 2. The summed E-state index contributed by atoms with van der Waals surface area (Å²) in [5.74, 6) is 0. The van der Waals surface area contributed by atoms with Gasteiger partial charge < -0.3 is 5.32 Å². The Morgan fingerprint density at radius 1 is 1.27 bits per heavy atom. The zero-order valence-electron chi connectivity index (χ0n) is 7.84. The van der Waals surface area contributed by atoms with Gasteiger partial charge in [0.05, 0.1) is 3.79 Å². The van der Waals surface area contributed by atoms with Gasteiger partial charge >= 0.3 is 0 Å². The van der Waals surface area contributed by atoms with E-state index < -0.39 is 0 Å². The maximum absolute atomic E-state index is 3.46. The summed E-state index contributed by atoms with van der Waals surface area (Å²) in [6, 6.07) is 10.6. The molecule has 0 bridgehead atoms. The average molecular weight is 394 g/mol. The van der Waals surface area contributed by atoms with Crippen LogP contribution in [0.25, 0.3) is 0 Å². The molecule has 1 heterocycles. The molecule has 15 heavy (non-hydrogen) atoms. The van der Waals surface area contributed by atoms with Gasteiger partial charge in [-0.15, -0.1) is 11.3 Å². The number of nitrogens with one attached hydrogen (secondary N) is 1. The van der Waals surface area contributed by atoms with E-state index in [0.29, 0.717) is 0 Å². The number of thiophene rings is 1. The van der Waals surface area contributed by atoms with E-state index in [4.69, 9.17) is 0 Å². The maximum atomic E-state index is 3.46. The van der Waals surface area contributed by atoms with Crippen LogP contribution in [0.4, 0.5) is 5.69 Å². The molecular formula is C11H9BrINS. The van der Waals surface area contributed by atoms with Gasteiger partial charge in [-0.3, -0.25) is 0 Å². The highest BCUT2D eigenvalue weighted by Crippen LogP contribution is 2.21. The van der Waals surface area contributed by atoms with E-state index in [2.05, 4.69) is 79.5 Å². The number of anilines is 1. The van der Waals surface area contributed by atoms with Crippen LogP contribution in [-0.2, 0) is 6.54 Å². The molecule has 2 rings (SSSR count). The van der Waals surface area contributed by atoms with Gasteiger partial charge in [-0.2, -0.15) is 0 Å². The minimum atomic E-state index is 0.878. The van der Waals surface area contributed by atoms with E-state index in [1.807, 2.05) is 0 Å². The molecule has 0 aliphatic carbocycles. The lowest BCUT2D eigenvalue weighted by Gasteiger charge is -2.04. The second kappa shape index (κ2) is 5.32. The smallest absolute Gasteiger partial charge is 0.0701 e. The van der Waals surface area contributed by atoms with Crippen LogP contribution < -0.4 is 5.32 Å². The molecule has 0 saturated heterocycles. The second-order valence-corrected chi connectivity index (χ2v) is 6.66. The van der Waals surface area contributed by atoms with E-state index in [1.54, 1.807) is 11.3 Å². The molecule has 0 saturated carbocycles. The van der Waals surface area contributed by atoms with Crippen molar-refractivity contribution in [2.24, 2.45) is 0 Å². The third-order valence-corrected chi connectivity index (χ3v) is 4.24. The summed E-state index contributed by atoms with van der Waals surface area (Å²) in [7, 11) is 0. The number of rotatable bonds is 3. The van der Waals surface area contributed by atoms with Gasteiger partial charge in [-0.1, -0.05) is 0 Å². The lowest BCUT2D eigenvalue weighted by Crippen LogP contribution is -1.97. The van der Waals surface area contributed by atoms with E-state index in [0.717, 1.165) is 12.2 Å². The summed E-state index contributed by atoms with van der Waals surface area (Å²) in [6.07, 6.45) is 0. The Bertz CT molecular complexity index is 438. The Hall–Kier alpha value is -0.0700. The molecule has 2 aromatic rings. The van der Waals surface area contributed by atoms with Crippen LogP contribution in [0.1, 0.15) is 5.56 Å². The summed E-state index contributed by atoms with van der Waals surface area (Å²) in [5.41, 5.74) is 2.48. The average Bonchev–Trinajstić information content (AvgIpc) is 2.64. The Morgan fingerprint density at radius 2 is 2.00 bits per heavy atom. The fourth-order valence-electron chi connectivity index (χ4n) is 1.21. The zero-order chi connectivity index (χ0) is 10.7. The quantitative estimate of drug-likeness (QED) is 0.743. The molecule has 1 aromatic carbocycles. The van der Waals surface area contributed by atoms with E-state index in [9.17, 15) is 0 Å². The molecule has 0 radical (unpaired) electrons. The first-order valence-corrected chi connectivity index (χ1v) is 7.21. The molecular weight excluding hydrogens is 385 g/mol. The molecule has 0 atom stereocenters. The standard InChI is InChI=1S/C11H9BrINS/c12-11-5-8(7-15-11)6-14-10-3-1-9(13)2-4-10/h1-5,7,14H,6H2. The Morgan fingerprint density at radius 3 is 2.60 bits per heavy atom. The minimum Gasteiger partial charge on any atom is -0.381 e. The highest BCUT2D eigenvalue weighted by Gasteiger charge is 1.97. The van der Waals surface area contributed by atoms with Crippen molar-refractivity contribution < 1.29 is 0 Å². The van der Waals surface area contributed by atoms with Crippen molar-refractivity contribution in [1.82, 2.24) is 0 Å². The van der Waals surface area contributed by atoms with E-state index >= 15 is 0 Å². The van der Waals surface area contributed by atoms with Crippen LogP contribution in [0.5, 0.6) is 0 Å². The first-order valence-electron chi connectivity index (χ1n) is 4.46. The molecule has 1 N–H and O–H groups in total. The Balaban J connectivity index is 1.96. The molecule has 0 spiro atoms. The van der Waals surface area contributed by atoms with Gasteiger partial charge in [-0.05, 0) is 79.8 Å². The fourth-order valence-corrected chi connectivity index (χ4v) is 2.78. The first-order chi connectivity index (χ1) is 7.24. The van der Waals surface area contributed by atoms with Gasteiger partial charge in [0.15, 0.2) is 0 Å². The Kier molecular flexibility index (Phi) is 4.05. The van der Waals surface area contributed by atoms with Gasteiger partial charge in [0, 0.05) is 15.8 Å². The van der Waals surface area contributed by atoms with Crippen molar-refractivity contribution in [3.05, 3.63) is 48.6 Å². The van der Waals surface area contributed by atoms with Crippen LogP contribution in [0.15, 0.2) is 39.5 Å². The molecule has 78 valence electrons. The van der Waals surface area contributed by atoms with Crippen LogP contribution >= 0.6 is 49.9 Å². The second-order valence-electron chi connectivity index (χ2n) is 3.12. The van der Waals surface area contributed by atoms with E-state index in [-0.39, 0.29) is 0 Å². The third kappa shape index (κ3) is 3.46. The van der Waals surface area contributed by atoms with Crippen molar-refractivity contribution in [3.8, 4) is 0 Å². The molecule has 0 unspecified atom stereocenters. The first kappa shape index (κ1) is 11.4. The minimum absolute atomic E-state index is 0.878. The van der Waals surface area contributed by atoms with Gasteiger partial charge in [0.25, 0.3) is 0 Å². The highest BCUT2D eigenvalue weighted by atomic mass is 127. The van der Waals surface area contributed by atoms with Gasteiger partial charge in [0.1, 0.15) is 0 Å². The van der Waals surface area contributed by atoms with Gasteiger partial charge in [0.2, 0.25) is 0 Å². The molecule has 1 aromatic heterocycles.